The van der Waals surface area contributed by atoms with E-state index in [0.29, 0.717) is 0 Å². The van der Waals surface area contributed by atoms with Crippen molar-refractivity contribution in [2.45, 2.75) is 38.1 Å². The van der Waals surface area contributed by atoms with Crippen LogP contribution in [0, 0.1) is 0 Å². The summed E-state index contributed by atoms with van der Waals surface area (Å²) in [5, 5.41) is 26.1. The first-order valence-electron chi connectivity index (χ1n) is 6.18. The number of methoxy groups -OCH3 is 1. The molecule has 0 saturated heterocycles. The van der Waals surface area contributed by atoms with E-state index < -0.39 is 61.0 Å². The number of carbonyl (C=O) groups is 5. The molecule has 0 aliphatic carbocycles. The van der Waals surface area contributed by atoms with Crippen molar-refractivity contribution in [1.82, 2.24) is 0 Å². The average molecular weight is 336 g/mol. The fourth-order valence-electron chi connectivity index (χ4n) is 1.26. The molecule has 0 aliphatic rings. The minimum absolute atomic E-state index is 0.768. The van der Waals surface area contributed by atoms with Crippen LogP contribution in [0.1, 0.15) is 19.8 Å². The number of carboxylic acids is 3. The van der Waals surface area contributed by atoms with Gasteiger partial charge in [0.25, 0.3) is 0 Å². The molecule has 11 nitrogen and oxygen atoms in total. The average Bonchev–Trinajstić information content (AvgIpc) is 2.43. The molecule has 130 valence electrons. The van der Waals surface area contributed by atoms with Crippen molar-refractivity contribution in [1.29, 1.82) is 0 Å². The second-order valence-corrected chi connectivity index (χ2v) is 4.26. The highest BCUT2D eigenvalue weighted by Gasteiger charge is 2.30. The first-order valence-corrected chi connectivity index (χ1v) is 6.18. The number of carbonyl (C=O) groups excluding carboxylic acids is 2. The van der Waals surface area contributed by atoms with Crippen LogP contribution in [0.5, 0.6) is 0 Å². The zero-order valence-corrected chi connectivity index (χ0v) is 12.3. The topological polar surface area (TPSA) is 174 Å². The molecule has 0 aromatic heterocycles. The fourth-order valence-corrected chi connectivity index (χ4v) is 1.26. The lowest BCUT2D eigenvalue weighted by Gasteiger charge is -2.16. The summed E-state index contributed by atoms with van der Waals surface area (Å²) in [5.74, 6) is -6.99. The summed E-state index contributed by atoms with van der Waals surface area (Å²) in [5.41, 5.74) is 0. The summed E-state index contributed by atoms with van der Waals surface area (Å²) in [6.45, 7) is 1.05. The van der Waals surface area contributed by atoms with Gasteiger partial charge in [0, 0.05) is 7.11 Å². The Morgan fingerprint density at radius 1 is 0.783 bits per heavy atom. The van der Waals surface area contributed by atoms with Crippen LogP contribution in [-0.2, 0) is 38.2 Å². The van der Waals surface area contributed by atoms with Gasteiger partial charge in [-0.25, -0.2) is 14.4 Å². The monoisotopic (exact) mass is 336 g/mol. The van der Waals surface area contributed by atoms with Crippen LogP contribution >= 0.6 is 0 Å². The number of hydrogen-bond donors (Lipinski definition) is 3. The number of ether oxygens (including phenoxy) is 3. The summed E-state index contributed by atoms with van der Waals surface area (Å²) < 4.78 is 13.4. The van der Waals surface area contributed by atoms with Gasteiger partial charge in [0.1, 0.15) is 0 Å². The van der Waals surface area contributed by atoms with Gasteiger partial charge in [-0.05, 0) is 6.92 Å². The molecule has 3 atom stereocenters. The molecule has 0 rings (SSSR count). The van der Waals surface area contributed by atoms with Gasteiger partial charge in [0.05, 0.1) is 12.8 Å². The molecule has 0 amide bonds. The van der Waals surface area contributed by atoms with Gasteiger partial charge in [0.15, 0.2) is 12.2 Å². The van der Waals surface area contributed by atoms with E-state index >= 15 is 0 Å². The smallest absolute Gasteiger partial charge is 0.345 e. The zero-order valence-electron chi connectivity index (χ0n) is 12.3. The summed E-state index contributed by atoms with van der Waals surface area (Å²) in [7, 11) is 1.03. The minimum atomic E-state index is -1.94. The Hall–Kier alpha value is -2.69. The quantitative estimate of drug-likeness (QED) is 0.412. The molecule has 0 aromatic rings. The van der Waals surface area contributed by atoms with E-state index in [1.165, 1.54) is 0 Å². The van der Waals surface area contributed by atoms with Crippen molar-refractivity contribution in [3.63, 3.8) is 0 Å². The van der Waals surface area contributed by atoms with Gasteiger partial charge in [-0.15, -0.1) is 0 Å². The predicted molar refractivity (Wildman–Crippen MR) is 68.4 cm³/mol. The first-order chi connectivity index (χ1) is 10.6. The third kappa shape index (κ3) is 7.76. The molecule has 0 radical (unpaired) electrons. The number of carboxylic acid groups (broad SMARTS) is 3. The molecule has 0 fully saturated rings. The van der Waals surface area contributed by atoms with Crippen LogP contribution in [0.4, 0.5) is 0 Å². The molecule has 0 spiro atoms. The van der Waals surface area contributed by atoms with E-state index in [-0.39, 0.29) is 0 Å². The second kappa shape index (κ2) is 9.35. The van der Waals surface area contributed by atoms with Gasteiger partial charge in [-0.3, -0.25) is 9.59 Å². The number of esters is 2. The fraction of sp³-hybridized carbons (Fsp3) is 0.583. The highest BCUT2D eigenvalue weighted by molar-refractivity contribution is 5.86. The standard InChI is InChI=1S/C12H16O11/c1-5(10(15)16)22-8(13)4-7(12(19)20)23-9(14)3-6(21-2)11(17)18/h5-7H,3-4H2,1-2H3,(H,15,16)(H,17,18)(H,19,20). The molecular formula is C12H16O11. The lowest BCUT2D eigenvalue weighted by atomic mass is 10.2. The third-order valence-electron chi connectivity index (χ3n) is 2.47. The number of rotatable bonds is 10. The third-order valence-corrected chi connectivity index (χ3v) is 2.47. The van der Waals surface area contributed by atoms with Crippen LogP contribution in [0.2, 0.25) is 0 Å². The van der Waals surface area contributed by atoms with Crippen LogP contribution in [0.15, 0.2) is 0 Å². The molecule has 11 heteroatoms. The highest BCUT2D eigenvalue weighted by atomic mass is 16.6. The molecule has 0 aliphatic heterocycles. The summed E-state index contributed by atoms with van der Waals surface area (Å²) in [6, 6.07) is 0. The van der Waals surface area contributed by atoms with E-state index in [2.05, 4.69) is 14.2 Å². The molecule has 0 bridgehead atoms. The van der Waals surface area contributed by atoms with Gasteiger partial charge in [-0.2, -0.15) is 0 Å². The maximum Gasteiger partial charge on any atom is 0.345 e. The maximum absolute atomic E-state index is 11.5. The molecule has 23 heavy (non-hydrogen) atoms. The van der Waals surface area contributed by atoms with Crippen LogP contribution in [0.25, 0.3) is 0 Å². The van der Waals surface area contributed by atoms with Crippen molar-refractivity contribution in [2.75, 3.05) is 7.11 Å². The first kappa shape index (κ1) is 20.3. The maximum atomic E-state index is 11.5. The van der Waals surface area contributed by atoms with Gasteiger partial charge in [0.2, 0.25) is 6.10 Å². The van der Waals surface area contributed by atoms with E-state index in [0.717, 1.165) is 14.0 Å². The van der Waals surface area contributed by atoms with Crippen molar-refractivity contribution < 1.29 is 53.5 Å². The lowest BCUT2D eigenvalue weighted by Crippen LogP contribution is -2.34. The Morgan fingerprint density at radius 3 is 1.61 bits per heavy atom. The van der Waals surface area contributed by atoms with Crippen molar-refractivity contribution >= 4 is 29.8 Å². The normalized spacial score (nSPS) is 14.2. The van der Waals surface area contributed by atoms with Crippen molar-refractivity contribution in [3.05, 3.63) is 0 Å². The Bertz CT molecular complexity index is 483. The minimum Gasteiger partial charge on any atom is -0.479 e. The van der Waals surface area contributed by atoms with E-state index in [9.17, 15) is 24.0 Å². The van der Waals surface area contributed by atoms with Crippen molar-refractivity contribution in [2.24, 2.45) is 0 Å². The molecular weight excluding hydrogens is 320 g/mol. The molecule has 3 unspecified atom stereocenters. The Kier molecular flexibility index (Phi) is 8.26. The van der Waals surface area contributed by atoms with Gasteiger partial charge < -0.3 is 29.5 Å². The largest absolute Gasteiger partial charge is 0.479 e. The lowest BCUT2D eigenvalue weighted by molar-refractivity contribution is -0.174. The van der Waals surface area contributed by atoms with Crippen LogP contribution in [-0.4, -0.2) is 70.6 Å². The zero-order chi connectivity index (χ0) is 18.2. The highest BCUT2D eigenvalue weighted by Crippen LogP contribution is 2.08. The SMILES string of the molecule is COC(CC(=O)OC(CC(=O)OC(C)C(=O)O)C(=O)O)C(=O)O. The summed E-state index contributed by atoms with van der Waals surface area (Å²) in [4.78, 5) is 55.0. The predicted octanol–water partition coefficient (Wildman–Crippen LogP) is -1.12. The van der Waals surface area contributed by atoms with Gasteiger partial charge in [-0.1, -0.05) is 0 Å². The Balaban J connectivity index is 4.66. The Labute approximate surface area is 129 Å². The summed E-state index contributed by atoms with van der Waals surface area (Å²) in [6.07, 6.45) is -6.67. The molecule has 3 N–H and O–H groups in total. The second-order valence-electron chi connectivity index (χ2n) is 4.26. The number of hydrogen-bond acceptors (Lipinski definition) is 8. The number of aliphatic carboxylic acids is 3. The van der Waals surface area contributed by atoms with E-state index in [1.807, 2.05) is 0 Å². The Morgan fingerprint density at radius 2 is 1.22 bits per heavy atom. The van der Waals surface area contributed by atoms with Crippen LogP contribution < -0.4 is 0 Å². The van der Waals surface area contributed by atoms with E-state index in [1.54, 1.807) is 0 Å². The summed E-state index contributed by atoms with van der Waals surface area (Å²) >= 11 is 0. The van der Waals surface area contributed by atoms with Gasteiger partial charge >= 0.3 is 29.8 Å². The molecule has 0 heterocycles. The van der Waals surface area contributed by atoms with E-state index in [4.69, 9.17) is 15.3 Å². The van der Waals surface area contributed by atoms with Crippen molar-refractivity contribution in [3.8, 4) is 0 Å². The van der Waals surface area contributed by atoms with Crippen LogP contribution in [0.3, 0.4) is 0 Å². The molecule has 0 saturated carbocycles. The molecule has 0 aromatic carbocycles.